The Bertz CT molecular complexity index is 581. The quantitative estimate of drug-likeness (QED) is 0.793. The third-order valence-electron chi connectivity index (χ3n) is 2.65. The molecule has 5 heteroatoms. The first-order chi connectivity index (χ1) is 9.67. The van der Waals surface area contributed by atoms with Gasteiger partial charge >= 0.3 is 0 Å². The zero-order chi connectivity index (χ0) is 14.4. The van der Waals surface area contributed by atoms with Gasteiger partial charge in [0.05, 0.1) is 0 Å². The highest BCUT2D eigenvalue weighted by Crippen LogP contribution is 2.12. The van der Waals surface area contributed by atoms with E-state index in [1.165, 1.54) is 12.1 Å². The Morgan fingerprint density at radius 2 is 1.80 bits per heavy atom. The molecule has 0 aliphatic rings. The van der Waals surface area contributed by atoms with Gasteiger partial charge in [0.1, 0.15) is 23.3 Å². The average molecular weight is 272 g/mol. The molecule has 0 fully saturated rings. The molecule has 4 nitrogen and oxygen atoms in total. The lowest BCUT2D eigenvalue weighted by molar-refractivity contribution is 0.627. The molecule has 1 aromatic heterocycles. The van der Waals surface area contributed by atoms with Gasteiger partial charge in [0, 0.05) is 19.2 Å². The number of nitrogens with zero attached hydrogens (tertiary/aromatic N) is 2. The van der Waals surface area contributed by atoms with Gasteiger partial charge in [-0.3, -0.25) is 0 Å². The summed E-state index contributed by atoms with van der Waals surface area (Å²) in [6, 6.07) is 8.21. The van der Waals surface area contributed by atoms with Gasteiger partial charge in [0.2, 0.25) is 0 Å². The first-order valence-corrected chi connectivity index (χ1v) is 6.36. The van der Waals surface area contributed by atoms with Gasteiger partial charge in [-0.1, -0.05) is 18.2 Å². The van der Waals surface area contributed by atoms with Crippen LogP contribution in [-0.2, 0) is 6.54 Å². The Morgan fingerprint density at radius 3 is 2.45 bits per heavy atom. The van der Waals surface area contributed by atoms with Crippen LogP contribution in [-0.4, -0.2) is 16.5 Å². The monoisotopic (exact) mass is 272 g/mol. The van der Waals surface area contributed by atoms with Crippen LogP contribution in [0.3, 0.4) is 0 Å². The number of nitrogens with one attached hydrogen (secondary N) is 2. The summed E-state index contributed by atoms with van der Waals surface area (Å²) in [7, 11) is 0. The van der Waals surface area contributed by atoms with Crippen molar-refractivity contribution in [2.45, 2.75) is 13.5 Å². The number of hydrogen-bond donors (Lipinski definition) is 2. The van der Waals surface area contributed by atoms with Crippen molar-refractivity contribution in [3.63, 3.8) is 0 Å². The van der Waals surface area contributed by atoms with Crippen molar-refractivity contribution in [3.05, 3.63) is 60.2 Å². The Hall–Kier alpha value is -2.43. The zero-order valence-corrected chi connectivity index (χ0v) is 11.4. The highest BCUT2D eigenvalue weighted by atomic mass is 19.1. The summed E-state index contributed by atoms with van der Waals surface area (Å²) in [6.07, 6.45) is 1.77. The summed E-state index contributed by atoms with van der Waals surface area (Å²) in [5.74, 6) is 1.93. The first-order valence-electron chi connectivity index (χ1n) is 6.36. The summed E-state index contributed by atoms with van der Waals surface area (Å²) in [5.41, 5.74) is 0.989. The van der Waals surface area contributed by atoms with Gasteiger partial charge in [-0.25, -0.2) is 14.4 Å². The van der Waals surface area contributed by atoms with Crippen molar-refractivity contribution in [3.8, 4) is 0 Å². The molecule has 1 heterocycles. The molecule has 0 bridgehead atoms. The van der Waals surface area contributed by atoms with Crippen molar-refractivity contribution >= 4 is 11.6 Å². The number of hydrogen-bond acceptors (Lipinski definition) is 4. The largest absolute Gasteiger partial charge is 0.366 e. The lowest BCUT2D eigenvalue weighted by atomic mass is 10.2. The summed E-state index contributed by atoms with van der Waals surface area (Å²) in [4.78, 5) is 8.59. The van der Waals surface area contributed by atoms with Crippen molar-refractivity contribution < 1.29 is 4.39 Å². The molecule has 0 spiro atoms. The number of benzene rings is 1. The Morgan fingerprint density at radius 1 is 1.15 bits per heavy atom. The molecular weight excluding hydrogens is 255 g/mol. The normalized spacial score (nSPS) is 10.1. The predicted molar refractivity (Wildman–Crippen MR) is 79.2 cm³/mol. The third kappa shape index (κ3) is 4.05. The van der Waals surface area contributed by atoms with Crippen LogP contribution in [0.4, 0.5) is 16.0 Å². The van der Waals surface area contributed by atoms with Gasteiger partial charge in [-0.2, -0.15) is 0 Å². The van der Waals surface area contributed by atoms with Crippen molar-refractivity contribution in [2.24, 2.45) is 0 Å². The minimum atomic E-state index is -0.234. The number of aromatic nitrogens is 2. The fourth-order valence-corrected chi connectivity index (χ4v) is 1.72. The van der Waals surface area contributed by atoms with E-state index in [1.807, 2.05) is 13.0 Å². The molecule has 104 valence electrons. The molecule has 0 amide bonds. The van der Waals surface area contributed by atoms with Crippen LogP contribution in [0.15, 0.2) is 43.0 Å². The minimum absolute atomic E-state index is 0.234. The van der Waals surface area contributed by atoms with E-state index in [0.29, 0.717) is 18.9 Å². The summed E-state index contributed by atoms with van der Waals surface area (Å²) in [5, 5.41) is 6.32. The summed E-state index contributed by atoms with van der Waals surface area (Å²) >= 11 is 0. The smallest absolute Gasteiger partial charge is 0.132 e. The lowest BCUT2D eigenvalue weighted by Crippen LogP contribution is -2.07. The Kier molecular flexibility index (Phi) is 4.65. The van der Waals surface area contributed by atoms with Crippen LogP contribution in [0.1, 0.15) is 11.4 Å². The average Bonchev–Trinajstić information content (AvgIpc) is 2.44. The van der Waals surface area contributed by atoms with E-state index >= 15 is 0 Å². The van der Waals surface area contributed by atoms with E-state index in [-0.39, 0.29) is 5.82 Å². The lowest BCUT2D eigenvalue weighted by Gasteiger charge is -2.09. The third-order valence-corrected chi connectivity index (χ3v) is 2.65. The molecule has 2 N–H and O–H groups in total. The van der Waals surface area contributed by atoms with Crippen molar-refractivity contribution in [2.75, 3.05) is 17.2 Å². The second-order valence-corrected chi connectivity index (χ2v) is 4.34. The van der Waals surface area contributed by atoms with E-state index in [0.717, 1.165) is 17.2 Å². The maximum Gasteiger partial charge on any atom is 0.132 e. The van der Waals surface area contributed by atoms with E-state index in [9.17, 15) is 4.39 Å². The summed E-state index contributed by atoms with van der Waals surface area (Å²) in [6.45, 7) is 6.71. The zero-order valence-electron chi connectivity index (χ0n) is 11.4. The SMILES string of the molecule is C=CCNc1cc(NCc2ccc(F)cc2)nc(C)n1. The van der Waals surface area contributed by atoms with E-state index in [4.69, 9.17) is 0 Å². The molecule has 0 aliphatic carbocycles. The molecule has 2 aromatic rings. The molecule has 0 radical (unpaired) electrons. The number of anilines is 2. The second-order valence-electron chi connectivity index (χ2n) is 4.34. The number of aryl methyl sites for hydroxylation is 1. The maximum absolute atomic E-state index is 12.8. The minimum Gasteiger partial charge on any atom is -0.366 e. The van der Waals surface area contributed by atoms with Crippen LogP contribution < -0.4 is 10.6 Å². The molecule has 0 saturated heterocycles. The molecule has 2 rings (SSSR count). The molecular formula is C15H17FN4. The maximum atomic E-state index is 12.8. The van der Waals surface area contributed by atoms with Gasteiger partial charge in [-0.05, 0) is 24.6 Å². The topological polar surface area (TPSA) is 49.8 Å². The van der Waals surface area contributed by atoms with E-state index in [1.54, 1.807) is 18.2 Å². The molecule has 0 saturated carbocycles. The van der Waals surface area contributed by atoms with Crippen molar-refractivity contribution in [1.29, 1.82) is 0 Å². The Labute approximate surface area is 117 Å². The van der Waals surface area contributed by atoms with Crippen LogP contribution >= 0.6 is 0 Å². The fourth-order valence-electron chi connectivity index (χ4n) is 1.72. The van der Waals surface area contributed by atoms with E-state index < -0.39 is 0 Å². The van der Waals surface area contributed by atoms with Crippen LogP contribution in [0.25, 0.3) is 0 Å². The predicted octanol–water partition coefficient (Wildman–Crippen LogP) is 3.13. The van der Waals surface area contributed by atoms with E-state index in [2.05, 4.69) is 27.2 Å². The first kappa shape index (κ1) is 14.0. The van der Waals surface area contributed by atoms with Gasteiger partial charge in [0.25, 0.3) is 0 Å². The highest BCUT2D eigenvalue weighted by Gasteiger charge is 2.01. The van der Waals surface area contributed by atoms with Crippen LogP contribution in [0.2, 0.25) is 0 Å². The molecule has 20 heavy (non-hydrogen) atoms. The molecule has 0 aliphatic heterocycles. The van der Waals surface area contributed by atoms with Gasteiger partial charge < -0.3 is 10.6 Å². The molecule has 1 aromatic carbocycles. The van der Waals surface area contributed by atoms with Crippen LogP contribution in [0, 0.1) is 12.7 Å². The molecule has 0 unspecified atom stereocenters. The fraction of sp³-hybridized carbons (Fsp3) is 0.200. The van der Waals surface area contributed by atoms with Gasteiger partial charge in [0.15, 0.2) is 0 Å². The highest BCUT2D eigenvalue weighted by molar-refractivity contribution is 5.48. The second kappa shape index (κ2) is 6.65. The number of rotatable bonds is 6. The molecule has 0 atom stereocenters. The van der Waals surface area contributed by atoms with Crippen molar-refractivity contribution in [1.82, 2.24) is 9.97 Å². The van der Waals surface area contributed by atoms with Crippen LogP contribution in [0.5, 0.6) is 0 Å². The Balaban J connectivity index is 2.03. The van der Waals surface area contributed by atoms with Gasteiger partial charge in [-0.15, -0.1) is 6.58 Å². The standard InChI is InChI=1S/C15H17FN4/c1-3-8-17-14-9-15(20-11(2)19-14)18-10-12-4-6-13(16)7-5-12/h3-7,9H,1,8,10H2,2H3,(H2,17,18,19,20). The number of halogens is 1. The summed E-state index contributed by atoms with van der Waals surface area (Å²) < 4.78 is 12.8.